The van der Waals surface area contributed by atoms with Crippen molar-refractivity contribution in [3.05, 3.63) is 29.7 Å². The number of nitrogens with zero attached hydrogens (tertiary/aromatic N) is 2. The molecule has 1 amide bonds. The lowest BCUT2D eigenvalue weighted by Gasteiger charge is -2.18. The van der Waals surface area contributed by atoms with Crippen LogP contribution in [0.1, 0.15) is 29.6 Å². The van der Waals surface area contributed by atoms with Crippen LogP contribution in [0.2, 0.25) is 0 Å². The summed E-state index contributed by atoms with van der Waals surface area (Å²) in [4.78, 5) is 28.6. The minimum atomic E-state index is -1.04. The van der Waals surface area contributed by atoms with E-state index in [1.165, 1.54) is 4.90 Å². The molecule has 0 bridgehead atoms. The van der Waals surface area contributed by atoms with Crippen molar-refractivity contribution in [2.24, 2.45) is 0 Å². The molecular formula is C14H16N2O4. The molecular weight excluding hydrogens is 260 g/mol. The zero-order chi connectivity index (χ0) is 14.7. The summed E-state index contributed by atoms with van der Waals surface area (Å²) >= 11 is 0. The van der Waals surface area contributed by atoms with Crippen molar-refractivity contribution in [1.82, 2.24) is 9.88 Å². The third kappa shape index (κ3) is 2.96. The van der Waals surface area contributed by atoms with E-state index in [2.05, 4.69) is 4.98 Å². The maximum absolute atomic E-state index is 12.3. The average molecular weight is 276 g/mol. The molecule has 0 aromatic carbocycles. The van der Waals surface area contributed by atoms with Crippen LogP contribution in [0.15, 0.2) is 22.6 Å². The molecule has 6 heteroatoms. The van der Waals surface area contributed by atoms with Gasteiger partial charge >= 0.3 is 5.97 Å². The molecule has 0 saturated carbocycles. The van der Waals surface area contributed by atoms with E-state index in [0.717, 1.165) is 5.69 Å². The van der Waals surface area contributed by atoms with Crippen molar-refractivity contribution in [1.29, 1.82) is 0 Å². The zero-order valence-electron chi connectivity index (χ0n) is 11.4. The summed E-state index contributed by atoms with van der Waals surface area (Å²) in [7, 11) is 0. The quantitative estimate of drug-likeness (QED) is 0.903. The van der Waals surface area contributed by atoms with E-state index in [1.807, 2.05) is 13.8 Å². The Morgan fingerprint density at radius 1 is 1.40 bits per heavy atom. The summed E-state index contributed by atoms with van der Waals surface area (Å²) in [5.74, 6) is -1.35. The molecule has 0 unspecified atom stereocenters. The first kappa shape index (κ1) is 14.0. The van der Waals surface area contributed by atoms with Crippen molar-refractivity contribution >= 4 is 23.0 Å². The number of pyridine rings is 1. The number of aromatic nitrogens is 1. The molecule has 0 saturated heterocycles. The van der Waals surface area contributed by atoms with E-state index in [4.69, 9.17) is 9.52 Å². The van der Waals surface area contributed by atoms with Crippen LogP contribution in [0.4, 0.5) is 0 Å². The van der Waals surface area contributed by atoms with Gasteiger partial charge in [-0.15, -0.1) is 0 Å². The van der Waals surface area contributed by atoms with Gasteiger partial charge < -0.3 is 14.4 Å². The van der Waals surface area contributed by atoms with Gasteiger partial charge in [-0.2, -0.15) is 0 Å². The molecule has 0 fully saturated rings. The summed E-state index contributed by atoms with van der Waals surface area (Å²) in [5.41, 5.74) is 1.94. The van der Waals surface area contributed by atoms with Gasteiger partial charge in [-0.25, -0.2) is 4.98 Å². The predicted octanol–water partition coefficient (Wildman–Crippen LogP) is 2.07. The average Bonchev–Trinajstić information content (AvgIpc) is 2.79. The summed E-state index contributed by atoms with van der Waals surface area (Å²) in [6.07, 6.45) is 0.677. The molecule has 2 rings (SSSR count). The first-order valence-electron chi connectivity index (χ1n) is 6.39. The smallest absolute Gasteiger partial charge is 0.323 e. The van der Waals surface area contributed by atoms with Crippen LogP contribution in [0, 0.1) is 6.92 Å². The highest BCUT2D eigenvalue weighted by atomic mass is 16.4. The van der Waals surface area contributed by atoms with Crippen molar-refractivity contribution < 1.29 is 19.1 Å². The number of carboxylic acid groups (broad SMARTS) is 1. The summed E-state index contributed by atoms with van der Waals surface area (Å²) in [6, 6.07) is 5.09. The third-order valence-corrected chi connectivity index (χ3v) is 2.83. The SMILES string of the molecule is CCCN(CC(=O)O)C(=O)c1cc2nc(C)ccc2o1. The van der Waals surface area contributed by atoms with Crippen LogP contribution in [0.5, 0.6) is 0 Å². The number of carbonyl (C=O) groups excluding carboxylic acids is 1. The Kier molecular flexibility index (Phi) is 4.02. The number of aliphatic carboxylic acids is 1. The molecule has 0 spiro atoms. The highest BCUT2D eigenvalue weighted by molar-refractivity contribution is 5.96. The van der Waals surface area contributed by atoms with Gasteiger partial charge in [-0.1, -0.05) is 6.92 Å². The van der Waals surface area contributed by atoms with Crippen LogP contribution in [-0.4, -0.2) is 40.0 Å². The fraction of sp³-hybridized carbons (Fsp3) is 0.357. The van der Waals surface area contributed by atoms with E-state index >= 15 is 0 Å². The largest absolute Gasteiger partial charge is 0.480 e. The monoisotopic (exact) mass is 276 g/mol. The second-order valence-corrected chi connectivity index (χ2v) is 4.57. The number of rotatable bonds is 5. The number of furan rings is 1. The number of carbonyl (C=O) groups is 2. The first-order valence-corrected chi connectivity index (χ1v) is 6.39. The Bertz CT molecular complexity index is 648. The van der Waals surface area contributed by atoms with Gasteiger partial charge in [0.05, 0.1) is 0 Å². The third-order valence-electron chi connectivity index (χ3n) is 2.83. The second kappa shape index (κ2) is 5.73. The molecule has 0 aliphatic heterocycles. The molecule has 0 aliphatic rings. The lowest BCUT2D eigenvalue weighted by atomic mass is 10.3. The van der Waals surface area contributed by atoms with Gasteiger partial charge in [-0.3, -0.25) is 9.59 Å². The topological polar surface area (TPSA) is 83.6 Å². The number of fused-ring (bicyclic) bond motifs is 1. The van der Waals surface area contributed by atoms with Gasteiger partial charge in [0.25, 0.3) is 5.91 Å². The molecule has 2 aromatic heterocycles. The van der Waals surface area contributed by atoms with Crippen LogP contribution in [-0.2, 0) is 4.79 Å². The standard InChI is InChI=1S/C14H16N2O4/c1-3-6-16(8-13(17)18)14(19)12-7-10-11(20-12)5-4-9(2)15-10/h4-5,7H,3,6,8H2,1-2H3,(H,17,18). The van der Waals surface area contributed by atoms with E-state index in [0.29, 0.717) is 24.1 Å². The van der Waals surface area contributed by atoms with Crippen molar-refractivity contribution in [3.63, 3.8) is 0 Å². The molecule has 2 aromatic rings. The molecule has 0 radical (unpaired) electrons. The maximum atomic E-state index is 12.3. The molecule has 2 heterocycles. The molecule has 106 valence electrons. The minimum absolute atomic E-state index is 0.118. The Labute approximate surface area is 116 Å². The van der Waals surface area contributed by atoms with Gasteiger partial charge in [0.15, 0.2) is 11.3 Å². The Morgan fingerprint density at radius 2 is 2.15 bits per heavy atom. The molecule has 1 N–H and O–H groups in total. The Morgan fingerprint density at radius 3 is 2.80 bits per heavy atom. The van der Waals surface area contributed by atoms with Gasteiger partial charge in [0, 0.05) is 18.3 Å². The normalized spacial score (nSPS) is 10.7. The van der Waals surface area contributed by atoms with Crippen LogP contribution >= 0.6 is 0 Å². The fourth-order valence-electron chi connectivity index (χ4n) is 1.97. The highest BCUT2D eigenvalue weighted by Crippen LogP contribution is 2.19. The predicted molar refractivity (Wildman–Crippen MR) is 72.6 cm³/mol. The zero-order valence-corrected chi connectivity index (χ0v) is 11.4. The lowest BCUT2D eigenvalue weighted by Crippen LogP contribution is -2.36. The van der Waals surface area contributed by atoms with E-state index < -0.39 is 11.9 Å². The van der Waals surface area contributed by atoms with E-state index in [9.17, 15) is 9.59 Å². The highest BCUT2D eigenvalue weighted by Gasteiger charge is 2.21. The van der Waals surface area contributed by atoms with E-state index in [1.54, 1.807) is 18.2 Å². The molecule has 0 aliphatic carbocycles. The minimum Gasteiger partial charge on any atom is -0.480 e. The number of hydrogen-bond donors (Lipinski definition) is 1. The second-order valence-electron chi connectivity index (χ2n) is 4.57. The Hall–Kier alpha value is -2.37. The number of hydrogen-bond acceptors (Lipinski definition) is 4. The first-order chi connectivity index (χ1) is 9.51. The Balaban J connectivity index is 2.30. The molecule has 6 nitrogen and oxygen atoms in total. The number of carboxylic acids is 1. The molecule has 20 heavy (non-hydrogen) atoms. The van der Waals surface area contributed by atoms with Gasteiger partial charge in [0.2, 0.25) is 0 Å². The number of aryl methyl sites for hydroxylation is 1. The fourth-order valence-corrected chi connectivity index (χ4v) is 1.97. The van der Waals surface area contributed by atoms with Crippen molar-refractivity contribution in [2.45, 2.75) is 20.3 Å². The number of amides is 1. The van der Waals surface area contributed by atoms with Crippen LogP contribution in [0.3, 0.4) is 0 Å². The maximum Gasteiger partial charge on any atom is 0.323 e. The summed E-state index contributed by atoms with van der Waals surface area (Å²) in [6.45, 7) is 3.76. The van der Waals surface area contributed by atoms with Crippen LogP contribution in [0.25, 0.3) is 11.1 Å². The molecule has 0 atom stereocenters. The summed E-state index contributed by atoms with van der Waals surface area (Å²) < 4.78 is 5.45. The van der Waals surface area contributed by atoms with Crippen molar-refractivity contribution in [3.8, 4) is 0 Å². The van der Waals surface area contributed by atoms with E-state index in [-0.39, 0.29) is 12.3 Å². The van der Waals surface area contributed by atoms with Gasteiger partial charge in [0.1, 0.15) is 12.1 Å². The van der Waals surface area contributed by atoms with Crippen molar-refractivity contribution in [2.75, 3.05) is 13.1 Å². The van der Waals surface area contributed by atoms with Crippen LogP contribution < -0.4 is 0 Å². The summed E-state index contributed by atoms with van der Waals surface area (Å²) in [5, 5.41) is 8.85. The van der Waals surface area contributed by atoms with Gasteiger partial charge in [-0.05, 0) is 25.5 Å². The lowest BCUT2D eigenvalue weighted by molar-refractivity contribution is -0.137.